The second kappa shape index (κ2) is 8.75. The Labute approximate surface area is 188 Å². The lowest BCUT2D eigenvalue weighted by Gasteiger charge is -2.50. The molecule has 2 aliphatic heterocycles. The smallest absolute Gasteiger partial charge is 0.352 e. The van der Waals surface area contributed by atoms with Crippen LogP contribution in [0.3, 0.4) is 0 Å². The van der Waals surface area contributed by atoms with Crippen LogP contribution < -0.4 is 11.1 Å². The summed E-state index contributed by atoms with van der Waals surface area (Å²) >= 11 is 1.18. The first-order valence-electron chi connectivity index (χ1n) is 9.92. The second-order valence-electron chi connectivity index (χ2n) is 7.33. The van der Waals surface area contributed by atoms with Gasteiger partial charge >= 0.3 is 5.97 Å². The fraction of sp³-hybridized carbons (Fsp3) is 0.227. The fourth-order valence-electron chi connectivity index (χ4n) is 3.95. The summed E-state index contributed by atoms with van der Waals surface area (Å²) in [6.45, 7) is 0. The zero-order valence-corrected chi connectivity index (χ0v) is 18.0. The number of allylic oxidation sites excluding steroid dienone is 2. The molecule has 0 aliphatic carbocycles. The molecule has 2 aliphatic rings. The van der Waals surface area contributed by atoms with Gasteiger partial charge in [0, 0.05) is 12.4 Å². The summed E-state index contributed by atoms with van der Waals surface area (Å²) in [7, 11) is 1.45. The van der Waals surface area contributed by atoms with Gasteiger partial charge in [-0.2, -0.15) is 0 Å². The molecular formula is C22H21N5O4S. The number of carbonyl (C=O) groups is 3. The molecule has 4 N–H and O–H groups in total. The Kier molecular flexibility index (Phi) is 5.87. The van der Waals surface area contributed by atoms with Crippen molar-refractivity contribution in [3.63, 3.8) is 0 Å². The summed E-state index contributed by atoms with van der Waals surface area (Å²) in [5.74, 6) is -2.18. The Hall–Kier alpha value is -3.79. The maximum atomic E-state index is 12.8. The number of hydrogen-bond donors (Lipinski definition) is 3. The number of carboxylic acid groups (broad SMARTS) is 1. The van der Waals surface area contributed by atoms with Crippen LogP contribution in [0, 0.1) is 0 Å². The van der Waals surface area contributed by atoms with Crippen molar-refractivity contribution in [3.8, 4) is 0 Å². The number of fused-ring (bicyclic) bond motifs is 1. The molecule has 0 saturated carbocycles. The largest absolute Gasteiger partial charge is 0.477 e. The Bertz CT molecular complexity index is 1170. The predicted molar refractivity (Wildman–Crippen MR) is 121 cm³/mol. The van der Waals surface area contributed by atoms with Crippen molar-refractivity contribution in [2.45, 2.75) is 24.9 Å². The van der Waals surface area contributed by atoms with Gasteiger partial charge in [-0.3, -0.25) is 19.5 Å². The van der Waals surface area contributed by atoms with E-state index in [0.29, 0.717) is 29.2 Å². The molecule has 0 bridgehead atoms. The quantitative estimate of drug-likeness (QED) is 0.451. The third-order valence-electron chi connectivity index (χ3n) is 5.44. The van der Waals surface area contributed by atoms with Gasteiger partial charge in [-0.15, -0.1) is 11.3 Å². The molecule has 1 fully saturated rings. The predicted octanol–water partition coefficient (Wildman–Crippen LogP) is 1.69. The number of benzene rings is 1. The number of aromatic nitrogens is 1. The van der Waals surface area contributed by atoms with E-state index in [9.17, 15) is 19.5 Å². The molecule has 1 aromatic carbocycles. The summed E-state index contributed by atoms with van der Waals surface area (Å²) in [6, 6.07) is 8.26. The number of carbonyl (C=O) groups excluding carboxylic acids is 2. The third-order valence-corrected chi connectivity index (χ3v) is 6.12. The molecule has 164 valence electrons. The van der Waals surface area contributed by atoms with Gasteiger partial charge < -0.3 is 16.2 Å². The second-order valence-corrected chi connectivity index (χ2v) is 8.22. The molecule has 9 nitrogen and oxygen atoms in total. The lowest BCUT2D eigenvalue weighted by atomic mass is 9.83. The minimum absolute atomic E-state index is 0.0411. The van der Waals surface area contributed by atoms with E-state index < -0.39 is 29.9 Å². The van der Waals surface area contributed by atoms with Gasteiger partial charge in [0.25, 0.3) is 11.8 Å². The molecule has 0 spiro atoms. The van der Waals surface area contributed by atoms with Gasteiger partial charge in [-0.05, 0) is 24.0 Å². The van der Waals surface area contributed by atoms with E-state index in [1.165, 1.54) is 23.3 Å². The molecule has 3 heterocycles. The number of rotatable bonds is 6. The van der Waals surface area contributed by atoms with Crippen LogP contribution in [0.15, 0.2) is 58.1 Å². The van der Waals surface area contributed by atoms with Crippen LogP contribution in [0.4, 0.5) is 5.13 Å². The van der Waals surface area contributed by atoms with Crippen molar-refractivity contribution in [2.75, 3.05) is 12.8 Å². The number of thiazole rings is 1. The molecular weight excluding hydrogens is 430 g/mol. The molecule has 2 amide bonds. The summed E-state index contributed by atoms with van der Waals surface area (Å²) < 4.78 is 0. The Morgan fingerprint density at radius 3 is 2.69 bits per heavy atom. The van der Waals surface area contributed by atoms with Crippen LogP contribution in [0.5, 0.6) is 0 Å². The van der Waals surface area contributed by atoms with Crippen molar-refractivity contribution in [1.82, 2.24) is 15.2 Å². The summed E-state index contributed by atoms with van der Waals surface area (Å²) in [5.41, 5.74) is 7.50. The standard InChI is InChI=1S/C22H21N5O4S/c1-24-16(14-11-32-22(23)25-14)19(28)26-17-15-10-9-13(8-7-12-5-3-2-4-6-12)18(21(30)31)27(15)20(17)29/h2-8,11,15,17H,9-10H2,1H3,(H2,23,25)(H,26,28)(H,30,31). The number of nitrogens with one attached hydrogen (secondary N) is 1. The first kappa shape index (κ1) is 21.4. The highest BCUT2D eigenvalue weighted by Crippen LogP contribution is 2.37. The number of hydrogen-bond acceptors (Lipinski definition) is 7. The Morgan fingerprint density at radius 1 is 1.31 bits per heavy atom. The van der Waals surface area contributed by atoms with E-state index >= 15 is 0 Å². The average Bonchev–Trinajstić information content (AvgIpc) is 3.22. The molecule has 2 atom stereocenters. The zero-order valence-electron chi connectivity index (χ0n) is 17.2. The monoisotopic (exact) mass is 451 g/mol. The van der Waals surface area contributed by atoms with Crippen LogP contribution >= 0.6 is 11.3 Å². The van der Waals surface area contributed by atoms with Gasteiger partial charge in [-0.1, -0.05) is 42.5 Å². The minimum atomic E-state index is -1.17. The van der Waals surface area contributed by atoms with Gasteiger partial charge in [0.05, 0.1) is 6.04 Å². The van der Waals surface area contributed by atoms with E-state index in [2.05, 4.69) is 15.3 Å². The molecule has 32 heavy (non-hydrogen) atoms. The van der Waals surface area contributed by atoms with Gasteiger partial charge in [-0.25, -0.2) is 9.78 Å². The normalized spacial score (nSPS) is 20.8. The molecule has 4 rings (SSSR count). The van der Waals surface area contributed by atoms with E-state index in [1.54, 1.807) is 11.5 Å². The maximum absolute atomic E-state index is 12.8. The Balaban J connectivity index is 1.52. The van der Waals surface area contributed by atoms with Gasteiger partial charge in [0.15, 0.2) is 5.13 Å². The first-order chi connectivity index (χ1) is 15.4. The number of carboxylic acids is 1. The van der Waals surface area contributed by atoms with Crippen LogP contribution in [0.1, 0.15) is 24.1 Å². The highest BCUT2D eigenvalue weighted by molar-refractivity contribution is 7.13. The SMILES string of the molecule is CN=C(C(=O)NC1C(=O)N2C(C(=O)O)=C(C=Cc3ccccc3)CCC12)c1csc(N)n1. The van der Waals surface area contributed by atoms with Crippen LogP contribution in [0.2, 0.25) is 0 Å². The van der Waals surface area contributed by atoms with Crippen molar-refractivity contribution >= 4 is 46.0 Å². The number of β-lactam (4-membered cyclic amide) rings is 1. The molecule has 1 aromatic heterocycles. The van der Waals surface area contributed by atoms with E-state index in [4.69, 9.17) is 5.73 Å². The number of nitrogen functional groups attached to an aromatic ring is 1. The summed E-state index contributed by atoms with van der Waals surface area (Å²) in [5, 5.41) is 14.4. The molecule has 2 aromatic rings. The molecule has 10 heteroatoms. The maximum Gasteiger partial charge on any atom is 0.352 e. The van der Waals surface area contributed by atoms with Crippen molar-refractivity contribution in [3.05, 3.63) is 64.3 Å². The number of aliphatic carboxylic acids is 1. The van der Waals surface area contributed by atoms with E-state index in [1.807, 2.05) is 36.4 Å². The third kappa shape index (κ3) is 3.92. The van der Waals surface area contributed by atoms with Crippen LogP contribution in [-0.2, 0) is 14.4 Å². The fourth-order valence-corrected chi connectivity index (χ4v) is 4.50. The topological polar surface area (TPSA) is 138 Å². The lowest BCUT2D eigenvalue weighted by molar-refractivity contribution is -0.155. The number of amides is 2. The number of nitrogens with two attached hydrogens (primary N) is 1. The molecule has 2 unspecified atom stereocenters. The van der Waals surface area contributed by atoms with E-state index in [-0.39, 0.29) is 11.4 Å². The minimum Gasteiger partial charge on any atom is -0.477 e. The Morgan fingerprint density at radius 2 is 2.06 bits per heavy atom. The zero-order chi connectivity index (χ0) is 22.8. The van der Waals surface area contributed by atoms with Crippen LogP contribution in [0.25, 0.3) is 6.08 Å². The van der Waals surface area contributed by atoms with Crippen molar-refractivity contribution in [1.29, 1.82) is 0 Å². The lowest BCUT2D eigenvalue weighted by Crippen LogP contribution is -2.72. The van der Waals surface area contributed by atoms with E-state index in [0.717, 1.165) is 5.56 Å². The molecule has 1 saturated heterocycles. The number of aliphatic imine (C=N–C) groups is 1. The number of nitrogens with zero attached hydrogens (tertiary/aromatic N) is 3. The van der Waals surface area contributed by atoms with Crippen molar-refractivity contribution in [2.24, 2.45) is 4.99 Å². The molecule has 0 radical (unpaired) electrons. The summed E-state index contributed by atoms with van der Waals surface area (Å²) in [4.78, 5) is 46.8. The van der Waals surface area contributed by atoms with Crippen molar-refractivity contribution < 1.29 is 19.5 Å². The highest BCUT2D eigenvalue weighted by atomic mass is 32.1. The van der Waals surface area contributed by atoms with Gasteiger partial charge in [0.2, 0.25) is 0 Å². The average molecular weight is 452 g/mol. The number of anilines is 1. The summed E-state index contributed by atoms with van der Waals surface area (Å²) in [6.07, 6.45) is 4.57. The highest BCUT2D eigenvalue weighted by Gasteiger charge is 2.53. The van der Waals surface area contributed by atoms with Gasteiger partial charge in [0.1, 0.15) is 23.1 Å². The first-order valence-corrected chi connectivity index (χ1v) is 10.8. The van der Waals surface area contributed by atoms with Crippen LogP contribution in [-0.4, -0.2) is 57.6 Å².